The Morgan fingerprint density at radius 3 is 2.12 bits per heavy atom. The van der Waals surface area contributed by atoms with Gasteiger partial charge in [0.05, 0.1) is 15.5 Å². The van der Waals surface area contributed by atoms with Crippen molar-refractivity contribution in [3.63, 3.8) is 0 Å². The summed E-state index contributed by atoms with van der Waals surface area (Å²) >= 11 is 6.08. The molecule has 0 bridgehead atoms. The van der Waals surface area contributed by atoms with Gasteiger partial charge in [-0.15, -0.1) is 0 Å². The Kier molecular flexibility index (Phi) is 8.83. The van der Waals surface area contributed by atoms with Crippen molar-refractivity contribution >= 4 is 33.4 Å². The van der Waals surface area contributed by atoms with Crippen molar-refractivity contribution < 1.29 is 18.0 Å². The largest absolute Gasteiger partial charge is 0.350 e. The number of amides is 2. The minimum Gasteiger partial charge on any atom is -0.350 e. The van der Waals surface area contributed by atoms with E-state index in [1.807, 2.05) is 13.8 Å². The third kappa shape index (κ3) is 6.31. The Bertz CT molecular complexity index is 1050. The van der Waals surface area contributed by atoms with Gasteiger partial charge in [0.1, 0.15) is 6.04 Å². The highest BCUT2D eigenvalue weighted by molar-refractivity contribution is 7.89. The minimum atomic E-state index is -3.57. The number of carbonyl (C=O) groups excluding carboxylic acids is 2. The maximum absolute atomic E-state index is 12.7. The average molecular weight is 480 g/mol. The highest BCUT2D eigenvalue weighted by Crippen LogP contribution is 2.18. The molecular weight excluding hydrogens is 450 g/mol. The van der Waals surface area contributed by atoms with Gasteiger partial charge in [0, 0.05) is 19.6 Å². The number of carbonyl (C=O) groups is 2. The molecule has 0 saturated heterocycles. The van der Waals surface area contributed by atoms with Crippen molar-refractivity contribution in [1.29, 1.82) is 0 Å². The molecule has 0 radical (unpaired) electrons. The number of hydrogen-bond acceptors (Lipinski definition) is 4. The highest BCUT2D eigenvalue weighted by atomic mass is 35.5. The molecule has 0 aliphatic rings. The second kappa shape index (κ2) is 10.9. The first-order chi connectivity index (χ1) is 14.9. The average Bonchev–Trinajstić information content (AvgIpc) is 2.75. The van der Waals surface area contributed by atoms with E-state index in [4.69, 9.17) is 11.6 Å². The van der Waals surface area contributed by atoms with Crippen LogP contribution in [0.4, 0.5) is 0 Å². The molecule has 1 unspecified atom stereocenters. The van der Waals surface area contributed by atoms with Crippen LogP contribution >= 0.6 is 11.6 Å². The summed E-state index contributed by atoms with van der Waals surface area (Å²) in [7, 11) is -2.03. The second-order valence-corrected chi connectivity index (χ2v) is 10.6. The quantitative estimate of drug-likeness (QED) is 0.575. The Morgan fingerprint density at radius 1 is 1.00 bits per heavy atom. The summed E-state index contributed by atoms with van der Waals surface area (Å²) in [6.07, 6.45) is 0. The van der Waals surface area contributed by atoms with Crippen LogP contribution in [0, 0.1) is 5.92 Å². The van der Waals surface area contributed by atoms with Crippen LogP contribution in [0.5, 0.6) is 0 Å². The molecule has 0 fully saturated rings. The van der Waals surface area contributed by atoms with Crippen LogP contribution in [0.3, 0.4) is 0 Å². The zero-order chi connectivity index (χ0) is 24.1. The van der Waals surface area contributed by atoms with E-state index in [-0.39, 0.29) is 29.3 Å². The fraction of sp³-hybridized carbons (Fsp3) is 0.391. The first-order valence-electron chi connectivity index (χ1n) is 10.3. The van der Waals surface area contributed by atoms with E-state index in [1.54, 1.807) is 50.2 Å². The van der Waals surface area contributed by atoms with Gasteiger partial charge in [-0.3, -0.25) is 9.59 Å². The van der Waals surface area contributed by atoms with Gasteiger partial charge in [-0.25, -0.2) is 8.42 Å². The van der Waals surface area contributed by atoms with E-state index in [9.17, 15) is 18.0 Å². The third-order valence-electron chi connectivity index (χ3n) is 5.15. The van der Waals surface area contributed by atoms with Gasteiger partial charge in [0.25, 0.3) is 5.91 Å². The van der Waals surface area contributed by atoms with Crippen LogP contribution < -0.4 is 10.6 Å². The lowest BCUT2D eigenvalue weighted by atomic mass is 10.0. The fourth-order valence-corrected chi connectivity index (χ4v) is 4.51. The molecule has 2 rings (SSSR count). The number of benzene rings is 2. The Morgan fingerprint density at radius 2 is 1.59 bits per heavy atom. The van der Waals surface area contributed by atoms with E-state index in [1.165, 1.54) is 23.5 Å². The summed E-state index contributed by atoms with van der Waals surface area (Å²) in [4.78, 5) is 25.5. The lowest BCUT2D eigenvalue weighted by Crippen LogP contribution is -2.49. The Balaban J connectivity index is 2.04. The van der Waals surface area contributed by atoms with Gasteiger partial charge in [-0.05, 0) is 49.6 Å². The topological polar surface area (TPSA) is 95.6 Å². The van der Waals surface area contributed by atoms with Crippen LogP contribution in [0.2, 0.25) is 5.02 Å². The van der Waals surface area contributed by atoms with Crippen molar-refractivity contribution in [1.82, 2.24) is 14.9 Å². The molecule has 174 valence electrons. The molecule has 2 amide bonds. The van der Waals surface area contributed by atoms with Gasteiger partial charge < -0.3 is 10.6 Å². The van der Waals surface area contributed by atoms with Crippen LogP contribution in [0.15, 0.2) is 53.4 Å². The summed E-state index contributed by atoms with van der Waals surface area (Å²) in [5.41, 5.74) is 1.04. The molecule has 0 aromatic heterocycles. The molecule has 2 aromatic carbocycles. The molecule has 0 aliphatic carbocycles. The van der Waals surface area contributed by atoms with Gasteiger partial charge in [0.15, 0.2) is 0 Å². The smallest absolute Gasteiger partial charge is 0.253 e. The first-order valence-corrected chi connectivity index (χ1v) is 12.2. The zero-order valence-corrected chi connectivity index (χ0v) is 20.5. The van der Waals surface area contributed by atoms with Gasteiger partial charge in [0.2, 0.25) is 15.9 Å². The lowest BCUT2D eigenvalue weighted by Gasteiger charge is -2.22. The monoisotopic (exact) mass is 479 g/mol. The molecule has 0 aliphatic heterocycles. The van der Waals surface area contributed by atoms with E-state index < -0.39 is 22.0 Å². The number of nitrogens with one attached hydrogen (secondary N) is 2. The van der Waals surface area contributed by atoms with E-state index >= 15 is 0 Å². The van der Waals surface area contributed by atoms with Crippen molar-refractivity contribution in [3.05, 3.63) is 64.7 Å². The Labute approximate surface area is 195 Å². The van der Waals surface area contributed by atoms with E-state index in [0.29, 0.717) is 10.6 Å². The van der Waals surface area contributed by atoms with E-state index in [0.717, 1.165) is 5.56 Å². The molecule has 7 nitrogen and oxygen atoms in total. The predicted molar refractivity (Wildman–Crippen MR) is 126 cm³/mol. The first kappa shape index (κ1) is 25.8. The predicted octanol–water partition coefficient (Wildman–Crippen LogP) is 3.44. The van der Waals surface area contributed by atoms with Crippen molar-refractivity contribution in [2.75, 3.05) is 7.05 Å². The minimum absolute atomic E-state index is 0.152. The summed E-state index contributed by atoms with van der Waals surface area (Å²) in [5, 5.41) is 5.86. The third-order valence-corrected chi connectivity index (χ3v) is 7.53. The number of rotatable bonds is 9. The van der Waals surface area contributed by atoms with Gasteiger partial charge >= 0.3 is 0 Å². The summed E-state index contributed by atoms with van der Waals surface area (Å²) in [6.45, 7) is 7.47. The maximum atomic E-state index is 12.7. The summed E-state index contributed by atoms with van der Waals surface area (Å²) in [5.74, 6) is -0.912. The summed E-state index contributed by atoms with van der Waals surface area (Å²) < 4.78 is 26.4. The molecule has 0 heterocycles. The number of halogens is 1. The van der Waals surface area contributed by atoms with Crippen LogP contribution in [0.25, 0.3) is 0 Å². The molecule has 32 heavy (non-hydrogen) atoms. The Hall–Kier alpha value is -2.42. The number of sulfonamides is 1. The number of hydrogen-bond donors (Lipinski definition) is 2. The zero-order valence-electron chi connectivity index (χ0n) is 18.9. The van der Waals surface area contributed by atoms with Crippen LogP contribution in [-0.2, 0) is 21.4 Å². The van der Waals surface area contributed by atoms with Crippen LogP contribution in [-0.4, -0.2) is 43.7 Å². The molecule has 0 spiro atoms. The second-order valence-electron chi connectivity index (χ2n) is 8.15. The van der Waals surface area contributed by atoms with Gasteiger partial charge in [-0.1, -0.05) is 49.7 Å². The highest BCUT2D eigenvalue weighted by Gasteiger charge is 2.26. The molecular formula is C23H30ClN3O4S. The SMILES string of the molecule is CC(C)C(NC(=O)c1ccccc1Cl)C(=O)NCc1ccc(S(=O)(=O)N(C)C(C)C)cc1. The maximum Gasteiger partial charge on any atom is 0.253 e. The number of nitrogens with zero attached hydrogens (tertiary/aromatic N) is 1. The van der Waals surface area contributed by atoms with E-state index in [2.05, 4.69) is 10.6 Å². The van der Waals surface area contributed by atoms with Crippen molar-refractivity contribution in [2.45, 2.75) is 51.2 Å². The molecule has 2 N–H and O–H groups in total. The molecule has 9 heteroatoms. The lowest BCUT2D eigenvalue weighted by molar-refractivity contribution is -0.124. The molecule has 1 atom stereocenters. The van der Waals surface area contributed by atoms with Gasteiger partial charge in [-0.2, -0.15) is 4.31 Å². The molecule has 2 aromatic rings. The van der Waals surface area contributed by atoms with Crippen LogP contribution in [0.1, 0.15) is 43.6 Å². The van der Waals surface area contributed by atoms with Crippen molar-refractivity contribution in [2.24, 2.45) is 5.92 Å². The normalized spacial score (nSPS) is 12.8. The standard InChI is InChI=1S/C23H30ClN3O4S/c1-15(2)21(26-22(28)19-8-6-7-9-20(19)24)23(29)25-14-17-10-12-18(13-11-17)32(30,31)27(5)16(3)4/h6-13,15-16,21H,14H2,1-5H3,(H,25,29)(H,26,28). The van der Waals surface area contributed by atoms with Crippen molar-refractivity contribution in [3.8, 4) is 0 Å². The molecule has 0 saturated carbocycles. The fourth-order valence-electron chi connectivity index (χ4n) is 2.92. The summed E-state index contributed by atoms with van der Waals surface area (Å²) in [6, 6.07) is 12.1.